The van der Waals surface area contributed by atoms with E-state index in [9.17, 15) is 9.59 Å². The standard InChI is InChI=1S/C14H16N2O3S/c1-2-11(17)19-7-10-15-13(18)12-8-5-3-4-6-9(8)20-14(12)16-10/h2-7H2,1H3,(H,15,16,18). The lowest BCUT2D eigenvalue weighted by atomic mass is 9.97. The second-order valence-corrected chi connectivity index (χ2v) is 6.00. The number of aryl methyl sites for hydroxylation is 2. The van der Waals surface area contributed by atoms with Crippen molar-refractivity contribution < 1.29 is 9.53 Å². The molecule has 0 saturated carbocycles. The van der Waals surface area contributed by atoms with Crippen LogP contribution < -0.4 is 5.56 Å². The maximum Gasteiger partial charge on any atom is 0.305 e. The van der Waals surface area contributed by atoms with Crippen molar-refractivity contribution in [1.82, 2.24) is 9.97 Å². The topological polar surface area (TPSA) is 72.0 Å². The van der Waals surface area contributed by atoms with E-state index in [4.69, 9.17) is 4.74 Å². The number of hydrogen-bond acceptors (Lipinski definition) is 5. The van der Waals surface area contributed by atoms with E-state index in [0.717, 1.165) is 29.5 Å². The van der Waals surface area contributed by atoms with Gasteiger partial charge in [0.25, 0.3) is 5.56 Å². The smallest absolute Gasteiger partial charge is 0.305 e. The van der Waals surface area contributed by atoms with Crippen LogP contribution in [0.4, 0.5) is 0 Å². The molecule has 0 saturated heterocycles. The summed E-state index contributed by atoms with van der Waals surface area (Å²) in [5, 5.41) is 0.732. The molecule has 2 heterocycles. The van der Waals surface area contributed by atoms with Crippen LogP contribution >= 0.6 is 11.3 Å². The average Bonchev–Trinajstić information content (AvgIpc) is 2.83. The molecule has 1 N–H and O–H groups in total. The molecule has 0 radical (unpaired) electrons. The minimum atomic E-state index is -0.293. The number of rotatable bonds is 3. The van der Waals surface area contributed by atoms with Crippen LogP contribution in [0.25, 0.3) is 10.2 Å². The van der Waals surface area contributed by atoms with Gasteiger partial charge >= 0.3 is 5.97 Å². The van der Waals surface area contributed by atoms with Crippen LogP contribution in [0.1, 0.15) is 42.5 Å². The number of nitrogens with zero attached hydrogens (tertiary/aromatic N) is 1. The molecule has 2 aromatic heterocycles. The number of aromatic nitrogens is 2. The van der Waals surface area contributed by atoms with E-state index >= 15 is 0 Å². The van der Waals surface area contributed by atoms with Crippen LogP contribution in [0.5, 0.6) is 0 Å². The Balaban J connectivity index is 1.98. The lowest BCUT2D eigenvalue weighted by Crippen LogP contribution is -2.14. The van der Waals surface area contributed by atoms with Crippen LogP contribution in [0.2, 0.25) is 0 Å². The molecule has 20 heavy (non-hydrogen) atoms. The minimum absolute atomic E-state index is 0.0282. The molecule has 1 aliphatic carbocycles. The van der Waals surface area contributed by atoms with Gasteiger partial charge in [-0.25, -0.2) is 4.98 Å². The van der Waals surface area contributed by atoms with Gasteiger partial charge in [0.05, 0.1) is 5.39 Å². The van der Waals surface area contributed by atoms with Crippen molar-refractivity contribution >= 4 is 27.5 Å². The molecule has 0 unspecified atom stereocenters. The fraction of sp³-hybridized carbons (Fsp3) is 0.500. The number of nitrogens with one attached hydrogen (secondary N) is 1. The van der Waals surface area contributed by atoms with Gasteiger partial charge in [-0.2, -0.15) is 0 Å². The maximum absolute atomic E-state index is 12.2. The summed E-state index contributed by atoms with van der Waals surface area (Å²) in [6.07, 6.45) is 4.63. The van der Waals surface area contributed by atoms with Gasteiger partial charge < -0.3 is 9.72 Å². The highest BCUT2D eigenvalue weighted by molar-refractivity contribution is 7.18. The quantitative estimate of drug-likeness (QED) is 0.881. The van der Waals surface area contributed by atoms with Crippen molar-refractivity contribution in [2.24, 2.45) is 0 Å². The Morgan fingerprint density at radius 1 is 1.40 bits per heavy atom. The van der Waals surface area contributed by atoms with Crippen LogP contribution in [0.3, 0.4) is 0 Å². The maximum atomic E-state index is 12.2. The monoisotopic (exact) mass is 292 g/mol. The van der Waals surface area contributed by atoms with Crippen LogP contribution in [-0.4, -0.2) is 15.9 Å². The number of H-pyrrole nitrogens is 1. The summed E-state index contributed by atoms with van der Waals surface area (Å²) >= 11 is 1.60. The zero-order valence-electron chi connectivity index (χ0n) is 11.3. The Bertz CT molecular complexity index is 717. The van der Waals surface area contributed by atoms with Crippen molar-refractivity contribution in [2.75, 3.05) is 0 Å². The van der Waals surface area contributed by atoms with Crippen molar-refractivity contribution in [1.29, 1.82) is 0 Å². The zero-order chi connectivity index (χ0) is 14.1. The third kappa shape index (κ3) is 2.35. The lowest BCUT2D eigenvalue weighted by Gasteiger charge is -2.09. The largest absolute Gasteiger partial charge is 0.458 e. The van der Waals surface area contributed by atoms with Crippen molar-refractivity contribution in [3.63, 3.8) is 0 Å². The molecule has 0 atom stereocenters. The predicted octanol–water partition coefficient (Wildman–Crippen LogP) is 2.32. The normalized spacial score (nSPS) is 14.2. The number of carbonyl (C=O) groups is 1. The van der Waals surface area contributed by atoms with E-state index in [2.05, 4.69) is 9.97 Å². The Hall–Kier alpha value is -1.69. The van der Waals surface area contributed by atoms with Gasteiger partial charge in [0.15, 0.2) is 0 Å². The molecular formula is C14H16N2O3S. The van der Waals surface area contributed by atoms with E-state index in [-0.39, 0.29) is 18.1 Å². The average molecular weight is 292 g/mol. The summed E-state index contributed by atoms with van der Waals surface area (Å²) < 4.78 is 5.02. The first-order valence-corrected chi connectivity index (χ1v) is 7.69. The Kier molecular flexibility index (Phi) is 3.56. The highest BCUT2D eigenvalue weighted by atomic mass is 32.1. The Morgan fingerprint density at radius 2 is 2.20 bits per heavy atom. The van der Waals surface area contributed by atoms with Crippen molar-refractivity contribution in [3.8, 4) is 0 Å². The summed E-state index contributed by atoms with van der Waals surface area (Å²) in [7, 11) is 0. The number of esters is 1. The fourth-order valence-electron chi connectivity index (χ4n) is 2.53. The second-order valence-electron chi connectivity index (χ2n) is 4.92. The highest BCUT2D eigenvalue weighted by Gasteiger charge is 2.19. The fourth-order valence-corrected chi connectivity index (χ4v) is 3.81. The Labute approximate surface area is 120 Å². The molecule has 5 nitrogen and oxygen atoms in total. The van der Waals surface area contributed by atoms with Gasteiger partial charge in [-0.3, -0.25) is 9.59 Å². The molecule has 6 heteroatoms. The minimum Gasteiger partial charge on any atom is -0.458 e. The first-order chi connectivity index (χ1) is 9.69. The lowest BCUT2D eigenvalue weighted by molar-refractivity contribution is -0.144. The molecule has 0 aliphatic heterocycles. The SMILES string of the molecule is CCC(=O)OCc1nc2sc3c(c2c(=O)[nH]1)CCCC3. The molecule has 0 bridgehead atoms. The van der Waals surface area contributed by atoms with Crippen molar-refractivity contribution in [3.05, 3.63) is 26.6 Å². The number of carbonyl (C=O) groups excluding carboxylic acids is 1. The number of fused-ring (bicyclic) bond motifs is 3. The zero-order valence-corrected chi connectivity index (χ0v) is 12.1. The van der Waals surface area contributed by atoms with Crippen LogP contribution in [0, 0.1) is 0 Å². The Morgan fingerprint density at radius 3 is 3.00 bits per heavy atom. The van der Waals surface area contributed by atoms with Crippen LogP contribution in [-0.2, 0) is 29.0 Å². The van der Waals surface area contributed by atoms with Crippen molar-refractivity contribution in [2.45, 2.75) is 45.6 Å². The molecular weight excluding hydrogens is 276 g/mol. The van der Waals surface area contributed by atoms with Crippen LogP contribution in [0.15, 0.2) is 4.79 Å². The number of ether oxygens (including phenoxy) is 1. The second kappa shape index (κ2) is 5.36. The molecule has 0 spiro atoms. The molecule has 2 aromatic rings. The summed E-state index contributed by atoms with van der Waals surface area (Å²) in [6.45, 7) is 1.76. The van der Waals surface area contributed by atoms with E-state index in [1.54, 1.807) is 18.3 Å². The van der Waals surface area contributed by atoms with Gasteiger partial charge in [-0.1, -0.05) is 6.92 Å². The van der Waals surface area contributed by atoms with Gasteiger partial charge in [-0.05, 0) is 31.2 Å². The van der Waals surface area contributed by atoms with Gasteiger partial charge in [-0.15, -0.1) is 11.3 Å². The van der Waals surface area contributed by atoms with E-state index in [0.29, 0.717) is 12.2 Å². The number of aromatic amines is 1. The molecule has 3 rings (SSSR count). The summed E-state index contributed by atoms with van der Waals surface area (Å²) in [4.78, 5) is 32.6. The third-order valence-corrected chi connectivity index (χ3v) is 4.72. The van der Waals surface area contributed by atoms with E-state index < -0.39 is 0 Å². The summed E-state index contributed by atoms with van der Waals surface area (Å²) in [6, 6.07) is 0. The molecule has 106 valence electrons. The summed E-state index contributed by atoms with van der Waals surface area (Å²) in [5.74, 6) is 0.126. The first-order valence-electron chi connectivity index (χ1n) is 6.88. The first kappa shape index (κ1) is 13.3. The number of thiophene rings is 1. The number of hydrogen-bond donors (Lipinski definition) is 1. The molecule has 0 fully saturated rings. The third-order valence-electron chi connectivity index (χ3n) is 3.53. The van der Waals surface area contributed by atoms with Gasteiger partial charge in [0.2, 0.25) is 0 Å². The molecule has 0 amide bonds. The van der Waals surface area contributed by atoms with E-state index in [1.807, 2.05) is 0 Å². The highest BCUT2D eigenvalue weighted by Crippen LogP contribution is 2.33. The predicted molar refractivity (Wildman–Crippen MR) is 77.0 cm³/mol. The van der Waals surface area contributed by atoms with Gasteiger partial charge in [0, 0.05) is 11.3 Å². The summed E-state index contributed by atoms with van der Waals surface area (Å²) in [5.41, 5.74) is 1.05. The molecule has 0 aromatic carbocycles. The van der Waals surface area contributed by atoms with E-state index in [1.165, 1.54) is 16.9 Å². The molecule has 1 aliphatic rings. The van der Waals surface area contributed by atoms with Gasteiger partial charge in [0.1, 0.15) is 17.3 Å².